The molecule has 27 heavy (non-hydrogen) atoms. The standard InChI is InChI=1S/C22H26N2O3/c1-4-17(5-2)21(25)23-18-11-12-20-19(13-18)24(22(26)15(3)27-20)14-16-9-7-6-8-10-16/h6-13,15,17H,4-5,14H2,1-3H3,(H,23,25). The Morgan fingerprint density at radius 1 is 1.15 bits per heavy atom. The van der Waals surface area contributed by atoms with E-state index in [1.54, 1.807) is 11.8 Å². The highest BCUT2D eigenvalue weighted by Gasteiger charge is 2.32. The Bertz CT molecular complexity index is 816. The lowest BCUT2D eigenvalue weighted by molar-refractivity contribution is -0.125. The molecule has 5 nitrogen and oxygen atoms in total. The molecule has 1 heterocycles. The van der Waals surface area contributed by atoms with E-state index in [2.05, 4.69) is 5.32 Å². The Hall–Kier alpha value is -2.82. The monoisotopic (exact) mass is 366 g/mol. The lowest BCUT2D eigenvalue weighted by Crippen LogP contribution is -2.44. The van der Waals surface area contributed by atoms with Crippen LogP contribution in [0, 0.1) is 5.92 Å². The average molecular weight is 366 g/mol. The first-order valence-corrected chi connectivity index (χ1v) is 9.50. The summed E-state index contributed by atoms with van der Waals surface area (Å²) >= 11 is 0. The van der Waals surface area contributed by atoms with Gasteiger partial charge in [-0.1, -0.05) is 44.2 Å². The van der Waals surface area contributed by atoms with Crippen molar-refractivity contribution < 1.29 is 14.3 Å². The fourth-order valence-electron chi connectivity index (χ4n) is 3.32. The second kappa shape index (κ2) is 8.25. The summed E-state index contributed by atoms with van der Waals surface area (Å²) < 4.78 is 5.76. The Kier molecular flexibility index (Phi) is 5.79. The van der Waals surface area contributed by atoms with Crippen LogP contribution in [0.5, 0.6) is 5.75 Å². The SMILES string of the molecule is CCC(CC)C(=O)Nc1ccc2c(c1)N(Cc1ccccc1)C(=O)C(C)O2. The molecular formula is C22H26N2O3. The summed E-state index contributed by atoms with van der Waals surface area (Å²) in [7, 11) is 0. The third kappa shape index (κ3) is 4.13. The molecule has 1 N–H and O–H groups in total. The zero-order valence-electron chi connectivity index (χ0n) is 16.1. The first-order chi connectivity index (χ1) is 13.0. The minimum absolute atomic E-state index is 0.00554. The molecule has 0 fully saturated rings. The fraction of sp³-hybridized carbons (Fsp3) is 0.364. The van der Waals surface area contributed by atoms with Gasteiger partial charge in [0.15, 0.2) is 6.10 Å². The van der Waals surface area contributed by atoms with Crippen molar-refractivity contribution in [1.29, 1.82) is 0 Å². The second-order valence-corrected chi connectivity index (χ2v) is 6.86. The Balaban J connectivity index is 1.89. The zero-order valence-corrected chi connectivity index (χ0v) is 16.1. The van der Waals surface area contributed by atoms with E-state index in [1.807, 2.05) is 62.4 Å². The van der Waals surface area contributed by atoms with Crippen molar-refractivity contribution in [2.24, 2.45) is 5.92 Å². The summed E-state index contributed by atoms with van der Waals surface area (Å²) in [6, 6.07) is 15.3. The normalized spacial score (nSPS) is 16.1. The Labute approximate surface area is 160 Å². The highest BCUT2D eigenvalue weighted by atomic mass is 16.5. The van der Waals surface area contributed by atoms with Gasteiger partial charge in [0.2, 0.25) is 5.91 Å². The zero-order chi connectivity index (χ0) is 19.4. The molecule has 0 radical (unpaired) electrons. The highest BCUT2D eigenvalue weighted by Crippen LogP contribution is 2.37. The van der Waals surface area contributed by atoms with Gasteiger partial charge in [-0.25, -0.2) is 0 Å². The summed E-state index contributed by atoms with van der Waals surface area (Å²) in [6.45, 7) is 6.24. The largest absolute Gasteiger partial charge is 0.479 e. The van der Waals surface area contributed by atoms with Crippen molar-refractivity contribution in [2.45, 2.75) is 46.3 Å². The summed E-state index contributed by atoms with van der Waals surface area (Å²) in [6.07, 6.45) is 1.06. The molecule has 2 amide bonds. The van der Waals surface area contributed by atoms with Crippen molar-refractivity contribution in [2.75, 3.05) is 10.2 Å². The third-order valence-corrected chi connectivity index (χ3v) is 4.97. The molecule has 0 aromatic heterocycles. The van der Waals surface area contributed by atoms with Gasteiger partial charge in [-0.3, -0.25) is 9.59 Å². The molecule has 0 spiro atoms. The van der Waals surface area contributed by atoms with Crippen molar-refractivity contribution >= 4 is 23.2 Å². The molecule has 1 unspecified atom stereocenters. The molecular weight excluding hydrogens is 340 g/mol. The average Bonchev–Trinajstić information content (AvgIpc) is 2.67. The lowest BCUT2D eigenvalue weighted by Gasteiger charge is -2.33. The van der Waals surface area contributed by atoms with Gasteiger partial charge in [0.05, 0.1) is 12.2 Å². The van der Waals surface area contributed by atoms with Gasteiger partial charge in [0, 0.05) is 11.6 Å². The van der Waals surface area contributed by atoms with E-state index in [9.17, 15) is 9.59 Å². The van der Waals surface area contributed by atoms with Crippen LogP contribution in [0.3, 0.4) is 0 Å². The van der Waals surface area contributed by atoms with Crippen LogP contribution < -0.4 is 15.0 Å². The van der Waals surface area contributed by atoms with E-state index in [0.717, 1.165) is 18.4 Å². The third-order valence-electron chi connectivity index (χ3n) is 4.97. The van der Waals surface area contributed by atoms with Gasteiger partial charge < -0.3 is 15.0 Å². The van der Waals surface area contributed by atoms with Crippen LogP contribution in [-0.4, -0.2) is 17.9 Å². The number of nitrogens with zero attached hydrogens (tertiary/aromatic N) is 1. The number of hydrogen-bond donors (Lipinski definition) is 1. The molecule has 142 valence electrons. The first-order valence-electron chi connectivity index (χ1n) is 9.50. The quantitative estimate of drug-likeness (QED) is 0.825. The van der Waals surface area contributed by atoms with E-state index in [-0.39, 0.29) is 17.7 Å². The maximum Gasteiger partial charge on any atom is 0.268 e. The van der Waals surface area contributed by atoms with E-state index in [4.69, 9.17) is 4.74 Å². The summed E-state index contributed by atoms with van der Waals surface area (Å²) in [5, 5.41) is 2.97. The molecule has 3 rings (SSSR count). The number of benzene rings is 2. The van der Waals surface area contributed by atoms with Crippen molar-refractivity contribution in [3.8, 4) is 5.75 Å². The number of hydrogen-bond acceptors (Lipinski definition) is 3. The molecule has 1 aliphatic heterocycles. The number of fused-ring (bicyclic) bond motifs is 1. The van der Waals surface area contributed by atoms with Crippen LogP contribution >= 0.6 is 0 Å². The minimum Gasteiger partial charge on any atom is -0.479 e. The van der Waals surface area contributed by atoms with Gasteiger partial charge >= 0.3 is 0 Å². The van der Waals surface area contributed by atoms with Gasteiger partial charge in [0.25, 0.3) is 5.91 Å². The van der Waals surface area contributed by atoms with Crippen LogP contribution in [0.4, 0.5) is 11.4 Å². The van der Waals surface area contributed by atoms with Gasteiger partial charge in [-0.2, -0.15) is 0 Å². The molecule has 0 saturated carbocycles. The van der Waals surface area contributed by atoms with Crippen LogP contribution in [0.25, 0.3) is 0 Å². The maximum atomic E-state index is 12.7. The van der Waals surface area contributed by atoms with Crippen molar-refractivity contribution in [1.82, 2.24) is 0 Å². The number of carbonyl (C=O) groups is 2. The smallest absolute Gasteiger partial charge is 0.268 e. The first kappa shape index (κ1) is 19.0. The minimum atomic E-state index is -0.536. The van der Waals surface area contributed by atoms with Crippen LogP contribution in [0.1, 0.15) is 39.2 Å². The Morgan fingerprint density at radius 2 is 1.85 bits per heavy atom. The number of anilines is 2. The van der Waals surface area contributed by atoms with Gasteiger partial charge in [-0.15, -0.1) is 0 Å². The number of carbonyl (C=O) groups excluding carboxylic acids is 2. The number of rotatable bonds is 6. The summed E-state index contributed by atoms with van der Waals surface area (Å²) in [5.41, 5.74) is 2.40. The fourth-order valence-corrected chi connectivity index (χ4v) is 3.32. The predicted octanol–water partition coefficient (Wildman–Crippen LogP) is 4.38. The topological polar surface area (TPSA) is 58.6 Å². The van der Waals surface area contributed by atoms with Crippen LogP contribution in [-0.2, 0) is 16.1 Å². The molecule has 1 aliphatic rings. The number of nitrogens with one attached hydrogen (secondary N) is 1. The molecule has 0 aliphatic carbocycles. The molecule has 1 atom stereocenters. The van der Waals surface area contributed by atoms with Gasteiger partial charge in [-0.05, 0) is 43.5 Å². The number of amides is 2. The lowest BCUT2D eigenvalue weighted by atomic mass is 10.0. The molecule has 5 heteroatoms. The van der Waals surface area contributed by atoms with E-state index < -0.39 is 6.10 Å². The van der Waals surface area contributed by atoms with Crippen LogP contribution in [0.15, 0.2) is 48.5 Å². The maximum absolute atomic E-state index is 12.7. The van der Waals surface area contributed by atoms with Crippen LogP contribution in [0.2, 0.25) is 0 Å². The van der Waals surface area contributed by atoms with Crippen molar-refractivity contribution in [3.05, 3.63) is 54.1 Å². The van der Waals surface area contributed by atoms with E-state index >= 15 is 0 Å². The van der Waals surface area contributed by atoms with E-state index in [0.29, 0.717) is 23.7 Å². The van der Waals surface area contributed by atoms with Crippen molar-refractivity contribution in [3.63, 3.8) is 0 Å². The molecule has 2 aromatic carbocycles. The molecule has 0 bridgehead atoms. The Morgan fingerprint density at radius 3 is 2.52 bits per heavy atom. The molecule has 0 saturated heterocycles. The second-order valence-electron chi connectivity index (χ2n) is 6.86. The molecule has 2 aromatic rings. The summed E-state index contributed by atoms with van der Waals surface area (Å²) in [5.74, 6) is 0.554. The van der Waals surface area contributed by atoms with Gasteiger partial charge in [0.1, 0.15) is 5.75 Å². The van der Waals surface area contributed by atoms with E-state index in [1.165, 1.54) is 0 Å². The highest BCUT2D eigenvalue weighted by molar-refractivity contribution is 6.01. The predicted molar refractivity (Wildman–Crippen MR) is 107 cm³/mol. The number of ether oxygens (including phenoxy) is 1. The summed E-state index contributed by atoms with van der Waals surface area (Å²) in [4.78, 5) is 26.9.